The van der Waals surface area contributed by atoms with E-state index in [1.807, 2.05) is 13.8 Å². The molecule has 1 atom stereocenters. The number of nitrogens with two attached hydrogens (primary N) is 1. The Balaban J connectivity index is 1.48. The number of hydrogen-bond acceptors (Lipinski definition) is 12. The number of halogens is 1. The number of nitriles is 1. The minimum absolute atomic E-state index is 0.0775. The number of allylic oxidation sites excluding steroid dienone is 3. The number of ketones is 1. The fourth-order valence-corrected chi connectivity index (χ4v) is 6.99. The number of rotatable bonds is 6. The van der Waals surface area contributed by atoms with E-state index in [0.29, 0.717) is 44.3 Å². The Bertz CT molecular complexity index is 1570. The van der Waals surface area contributed by atoms with Gasteiger partial charge in [-0.3, -0.25) is 19.8 Å². The van der Waals surface area contributed by atoms with Crippen LogP contribution in [0, 0.1) is 29.5 Å². The van der Waals surface area contributed by atoms with Crippen LogP contribution >= 0.6 is 34.4 Å². The molecule has 39 heavy (non-hydrogen) atoms. The number of thioether (sulfide) groups is 1. The molecule has 0 saturated heterocycles. The summed E-state index contributed by atoms with van der Waals surface area (Å²) in [6.45, 7) is 5.80. The second kappa shape index (κ2) is 10.5. The maximum absolute atomic E-state index is 13.7. The van der Waals surface area contributed by atoms with Crippen LogP contribution in [0.1, 0.15) is 43.2 Å². The van der Waals surface area contributed by atoms with Crippen LogP contribution in [0.3, 0.4) is 0 Å². The van der Waals surface area contributed by atoms with Gasteiger partial charge in [-0.1, -0.05) is 60.4 Å². The summed E-state index contributed by atoms with van der Waals surface area (Å²) in [5.41, 5.74) is 8.16. The number of Topliss-reactive ketones (excluding diaryl/α,β-unsaturated/α-hetero) is 1. The number of aryl methyl sites for hydroxylation is 1. The highest BCUT2D eigenvalue weighted by molar-refractivity contribution is 8.01. The summed E-state index contributed by atoms with van der Waals surface area (Å²) in [6.07, 6.45) is 0.813. The molecule has 10 nitrogen and oxygen atoms in total. The predicted octanol–water partition coefficient (Wildman–Crippen LogP) is 4.51. The van der Waals surface area contributed by atoms with E-state index in [2.05, 4.69) is 31.8 Å². The van der Waals surface area contributed by atoms with Gasteiger partial charge in [0.2, 0.25) is 16.2 Å². The third kappa shape index (κ3) is 5.42. The average molecular weight is 583 g/mol. The van der Waals surface area contributed by atoms with Crippen molar-refractivity contribution in [2.24, 2.45) is 11.1 Å². The van der Waals surface area contributed by atoms with Crippen molar-refractivity contribution >= 4 is 56.4 Å². The van der Waals surface area contributed by atoms with Crippen molar-refractivity contribution < 1.29 is 14.0 Å². The second-order valence-corrected chi connectivity index (χ2v) is 13.2. The van der Waals surface area contributed by atoms with Crippen LogP contribution in [0.4, 0.5) is 14.7 Å². The summed E-state index contributed by atoms with van der Waals surface area (Å²) < 4.78 is 14.2. The summed E-state index contributed by atoms with van der Waals surface area (Å²) >= 11 is 3.69. The quantitative estimate of drug-likeness (QED) is 0.397. The minimum atomic E-state index is -0.708. The van der Waals surface area contributed by atoms with Crippen molar-refractivity contribution in [3.8, 4) is 6.07 Å². The molecule has 14 heteroatoms. The van der Waals surface area contributed by atoms with Crippen molar-refractivity contribution in [3.63, 3.8) is 0 Å². The fraction of sp³-hybridized carbons (Fsp3) is 0.320. The molecule has 1 aliphatic carbocycles. The van der Waals surface area contributed by atoms with Gasteiger partial charge in [0.1, 0.15) is 16.6 Å². The lowest BCUT2D eigenvalue weighted by atomic mass is 9.69. The maximum Gasteiger partial charge on any atom is 0.236 e. The molecule has 200 valence electrons. The highest BCUT2D eigenvalue weighted by Gasteiger charge is 2.45. The molecule has 3 N–H and O–H groups in total. The third-order valence-electron chi connectivity index (χ3n) is 6.27. The van der Waals surface area contributed by atoms with Gasteiger partial charge in [-0.25, -0.2) is 4.39 Å². The Kier molecular flexibility index (Phi) is 7.23. The Morgan fingerprint density at radius 2 is 1.97 bits per heavy atom. The van der Waals surface area contributed by atoms with Crippen molar-refractivity contribution in [3.05, 3.63) is 63.3 Å². The first-order valence-corrected chi connectivity index (χ1v) is 14.5. The van der Waals surface area contributed by atoms with Gasteiger partial charge in [-0.2, -0.15) is 5.26 Å². The standard InChI is InChI=1S/C25H23FN8O2S3/c1-12-30-31-22(38-12)29-18(36)11-37-24-33-32-23(39-24)34-16-8-25(2,3)9-17(35)20(16)19(15(10-27)21(34)28)13-4-6-14(26)7-5-13/h4-7,19H,8-9,11,28H2,1-3H3,(H,29,31,36). The highest BCUT2D eigenvalue weighted by Crippen LogP contribution is 2.50. The lowest BCUT2D eigenvalue weighted by Gasteiger charge is -2.42. The molecule has 1 unspecified atom stereocenters. The zero-order valence-electron chi connectivity index (χ0n) is 21.2. The van der Waals surface area contributed by atoms with Crippen molar-refractivity contribution in [2.45, 2.75) is 43.9 Å². The van der Waals surface area contributed by atoms with E-state index in [1.54, 1.807) is 24.0 Å². The summed E-state index contributed by atoms with van der Waals surface area (Å²) in [7, 11) is 0. The molecule has 1 aromatic carbocycles. The lowest BCUT2D eigenvalue weighted by Crippen LogP contribution is -2.42. The first-order valence-electron chi connectivity index (χ1n) is 11.8. The topological polar surface area (TPSA) is 151 Å². The molecule has 0 bridgehead atoms. The van der Waals surface area contributed by atoms with Crippen molar-refractivity contribution in [1.29, 1.82) is 5.26 Å². The Morgan fingerprint density at radius 1 is 1.23 bits per heavy atom. The van der Waals surface area contributed by atoms with Gasteiger partial charge in [-0.15, -0.1) is 20.4 Å². The number of benzene rings is 1. The number of carbonyl (C=O) groups excluding carboxylic acids is 2. The van der Waals surface area contributed by atoms with Crippen molar-refractivity contribution in [1.82, 2.24) is 20.4 Å². The number of hydrogen-bond donors (Lipinski definition) is 2. The zero-order valence-corrected chi connectivity index (χ0v) is 23.6. The lowest BCUT2D eigenvalue weighted by molar-refractivity contribution is -0.118. The predicted molar refractivity (Wildman–Crippen MR) is 147 cm³/mol. The van der Waals surface area contributed by atoms with E-state index in [1.165, 1.54) is 46.6 Å². The molecule has 5 rings (SSSR count). The second-order valence-electron chi connectivity index (χ2n) is 9.85. The molecule has 2 aliphatic rings. The van der Waals surface area contributed by atoms with Gasteiger partial charge in [0.25, 0.3) is 0 Å². The first kappa shape index (κ1) is 26.9. The van der Waals surface area contributed by atoms with E-state index in [4.69, 9.17) is 5.73 Å². The highest BCUT2D eigenvalue weighted by atomic mass is 32.2. The Labute approximate surface area is 235 Å². The van der Waals surface area contributed by atoms with Crippen LogP contribution in [-0.2, 0) is 9.59 Å². The van der Waals surface area contributed by atoms with Gasteiger partial charge in [0, 0.05) is 17.7 Å². The third-order valence-corrected chi connectivity index (χ3v) is 9.07. The number of amides is 1. The fourth-order valence-electron chi connectivity index (χ4n) is 4.70. The molecule has 3 heterocycles. The minimum Gasteiger partial charge on any atom is -0.384 e. The zero-order chi connectivity index (χ0) is 27.9. The largest absolute Gasteiger partial charge is 0.384 e. The number of nitrogens with zero attached hydrogens (tertiary/aromatic N) is 6. The van der Waals surface area contributed by atoms with Crippen molar-refractivity contribution in [2.75, 3.05) is 16.0 Å². The molecule has 0 spiro atoms. The molecule has 3 aromatic rings. The van der Waals surface area contributed by atoms with Crippen LogP contribution in [0.25, 0.3) is 0 Å². The van der Waals surface area contributed by atoms with E-state index in [9.17, 15) is 19.2 Å². The van der Waals surface area contributed by atoms with Gasteiger partial charge in [0.15, 0.2) is 10.1 Å². The molecule has 0 saturated carbocycles. The van der Waals surface area contributed by atoms with Crippen LogP contribution in [-0.4, -0.2) is 37.8 Å². The van der Waals surface area contributed by atoms with Crippen LogP contribution < -0.4 is 16.0 Å². The molecule has 1 amide bonds. The number of aromatic nitrogens is 4. The molecule has 1 aliphatic heterocycles. The van der Waals surface area contributed by atoms with Crippen LogP contribution in [0.2, 0.25) is 0 Å². The normalized spacial score (nSPS) is 18.7. The summed E-state index contributed by atoms with van der Waals surface area (Å²) in [5.74, 6) is -1.25. The smallest absolute Gasteiger partial charge is 0.236 e. The molecular formula is C25H23FN8O2S3. The summed E-state index contributed by atoms with van der Waals surface area (Å²) in [6, 6.07) is 7.95. The summed E-state index contributed by atoms with van der Waals surface area (Å²) in [5, 5.41) is 30.7. The van der Waals surface area contributed by atoms with E-state index < -0.39 is 11.7 Å². The first-order chi connectivity index (χ1) is 18.6. The Morgan fingerprint density at radius 3 is 2.64 bits per heavy atom. The van der Waals surface area contributed by atoms with Gasteiger partial charge in [0.05, 0.1) is 23.3 Å². The maximum atomic E-state index is 13.7. The monoisotopic (exact) mass is 582 g/mol. The van der Waals surface area contributed by atoms with Crippen LogP contribution in [0.15, 0.2) is 51.3 Å². The molecule has 2 aromatic heterocycles. The van der Waals surface area contributed by atoms with E-state index in [-0.39, 0.29) is 34.3 Å². The number of carbonyl (C=O) groups is 2. The SMILES string of the molecule is Cc1nnc(NC(=O)CSc2nnc(N3C(N)=C(C#N)C(c4ccc(F)cc4)C4=C3CC(C)(C)CC4=O)s2)s1. The van der Waals surface area contributed by atoms with Gasteiger partial charge >= 0.3 is 0 Å². The van der Waals surface area contributed by atoms with E-state index in [0.717, 1.165) is 5.01 Å². The molecule has 0 radical (unpaired) electrons. The number of anilines is 2. The van der Waals surface area contributed by atoms with E-state index >= 15 is 0 Å². The molecule has 0 fully saturated rings. The van der Waals surface area contributed by atoms with Crippen LogP contribution in [0.5, 0.6) is 0 Å². The Hall–Kier alpha value is -3.67. The van der Waals surface area contributed by atoms with Gasteiger partial charge in [-0.05, 0) is 36.5 Å². The average Bonchev–Trinajstić information content (AvgIpc) is 3.50. The van der Waals surface area contributed by atoms with Gasteiger partial charge < -0.3 is 5.73 Å². The number of nitrogens with one attached hydrogen (secondary N) is 1. The molecular weight excluding hydrogens is 560 g/mol. The summed E-state index contributed by atoms with van der Waals surface area (Å²) in [4.78, 5) is 27.5.